The van der Waals surface area contributed by atoms with Gasteiger partial charge in [0.15, 0.2) is 0 Å². The van der Waals surface area contributed by atoms with Crippen LogP contribution >= 0.6 is 0 Å². The largest absolute Gasteiger partial charge is 0.372 e. The number of carbonyl (C=O) groups is 1. The van der Waals surface area contributed by atoms with Crippen LogP contribution in [0.15, 0.2) is 24.3 Å². The summed E-state index contributed by atoms with van der Waals surface area (Å²) in [5.74, 6) is 0.682. The maximum absolute atomic E-state index is 12.0. The van der Waals surface area contributed by atoms with Crippen molar-refractivity contribution in [1.29, 1.82) is 0 Å². The number of carbonyl (C=O) groups excluding carboxylic acids is 1. The fourth-order valence-corrected chi connectivity index (χ4v) is 2.96. The lowest BCUT2D eigenvalue weighted by atomic mass is 10.1. The Kier molecular flexibility index (Phi) is 4.52. The van der Waals surface area contributed by atoms with Gasteiger partial charge in [-0.1, -0.05) is 12.1 Å². The Morgan fingerprint density at radius 2 is 1.91 bits per heavy atom. The predicted octanol–water partition coefficient (Wildman–Crippen LogP) is 2.83. The molecule has 120 valence electrons. The van der Waals surface area contributed by atoms with Gasteiger partial charge in [-0.2, -0.15) is 0 Å². The molecule has 1 saturated carbocycles. The summed E-state index contributed by atoms with van der Waals surface area (Å²) in [6.07, 6.45) is 2.86. The van der Waals surface area contributed by atoms with E-state index in [0.717, 1.165) is 31.0 Å². The third-order valence-corrected chi connectivity index (χ3v) is 4.16. The summed E-state index contributed by atoms with van der Waals surface area (Å²) in [5, 5.41) is 5.94. The van der Waals surface area contributed by atoms with Gasteiger partial charge < -0.3 is 20.3 Å². The summed E-state index contributed by atoms with van der Waals surface area (Å²) in [6.45, 7) is 6.63. The number of amides is 2. The summed E-state index contributed by atoms with van der Waals surface area (Å²) in [6, 6.07) is 7.85. The number of para-hydroxylation sites is 2. The number of morpholine rings is 1. The topological polar surface area (TPSA) is 53.6 Å². The second kappa shape index (κ2) is 6.57. The Hall–Kier alpha value is -1.75. The molecule has 1 aliphatic carbocycles. The normalized spacial score (nSPS) is 24.9. The molecule has 0 bridgehead atoms. The van der Waals surface area contributed by atoms with Crippen molar-refractivity contribution in [1.82, 2.24) is 5.32 Å². The molecule has 1 saturated heterocycles. The van der Waals surface area contributed by atoms with E-state index in [4.69, 9.17) is 4.74 Å². The van der Waals surface area contributed by atoms with Crippen LogP contribution in [0.4, 0.5) is 16.2 Å². The molecular weight excluding hydrogens is 278 g/mol. The van der Waals surface area contributed by atoms with Crippen LogP contribution in [0.3, 0.4) is 0 Å². The zero-order valence-electron chi connectivity index (χ0n) is 13.3. The van der Waals surface area contributed by atoms with E-state index in [9.17, 15) is 4.79 Å². The number of urea groups is 1. The van der Waals surface area contributed by atoms with Crippen LogP contribution in [-0.4, -0.2) is 37.9 Å². The highest BCUT2D eigenvalue weighted by Gasteiger charge is 2.25. The first kappa shape index (κ1) is 15.2. The molecule has 5 nitrogen and oxygen atoms in total. The van der Waals surface area contributed by atoms with E-state index in [1.165, 1.54) is 12.8 Å². The molecule has 2 aliphatic rings. The van der Waals surface area contributed by atoms with E-state index in [0.29, 0.717) is 5.92 Å². The molecule has 0 aromatic heterocycles. The average molecular weight is 303 g/mol. The summed E-state index contributed by atoms with van der Waals surface area (Å²) >= 11 is 0. The van der Waals surface area contributed by atoms with E-state index >= 15 is 0 Å². The van der Waals surface area contributed by atoms with Gasteiger partial charge in [0.2, 0.25) is 0 Å². The summed E-state index contributed by atoms with van der Waals surface area (Å²) in [4.78, 5) is 14.3. The second-order valence-electron chi connectivity index (χ2n) is 6.46. The lowest BCUT2D eigenvalue weighted by Crippen LogP contribution is -2.45. The van der Waals surface area contributed by atoms with Crippen molar-refractivity contribution in [3.05, 3.63) is 24.3 Å². The van der Waals surface area contributed by atoms with Gasteiger partial charge in [-0.15, -0.1) is 0 Å². The van der Waals surface area contributed by atoms with Gasteiger partial charge in [-0.3, -0.25) is 0 Å². The first-order valence-electron chi connectivity index (χ1n) is 8.16. The fraction of sp³-hybridized carbons (Fsp3) is 0.588. The highest BCUT2D eigenvalue weighted by atomic mass is 16.5. The van der Waals surface area contributed by atoms with E-state index in [2.05, 4.69) is 35.4 Å². The Labute approximate surface area is 132 Å². The number of ether oxygens (including phenoxy) is 1. The van der Waals surface area contributed by atoms with Gasteiger partial charge in [-0.25, -0.2) is 4.79 Å². The molecule has 2 amide bonds. The molecule has 1 aromatic rings. The Morgan fingerprint density at radius 1 is 1.23 bits per heavy atom. The molecule has 2 N–H and O–H groups in total. The molecule has 0 unspecified atom stereocenters. The minimum absolute atomic E-state index is 0.117. The minimum atomic E-state index is -0.117. The SMILES string of the molecule is C[C@@H]1CN(c2ccccc2NC(=O)NCC2CC2)C[C@@H](C)O1. The van der Waals surface area contributed by atoms with E-state index in [-0.39, 0.29) is 18.2 Å². The number of hydrogen-bond acceptors (Lipinski definition) is 3. The zero-order chi connectivity index (χ0) is 15.5. The second-order valence-corrected chi connectivity index (χ2v) is 6.46. The molecule has 0 radical (unpaired) electrons. The van der Waals surface area contributed by atoms with Gasteiger partial charge in [0.05, 0.1) is 23.6 Å². The number of nitrogens with one attached hydrogen (secondary N) is 2. The molecule has 1 aliphatic heterocycles. The highest BCUT2D eigenvalue weighted by Crippen LogP contribution is 2.29. The van der Waals surface area contributed by atoms with Crippen molar-refractivity contribution in [2.45, 2.75) is 38.9 Å². The van der Waals surface area contributed by atoms with Crippen molar-refractivity contribution in [2.75, 3.05) is 29.9 Å². The molecule has 22 heavy (non-hydrogen) atoms. The molecule has 2 atom stereocenters. The van der Waals surface area contributed by atoms with E-state index in [1.54, 1.807) is 0 Å². The third-order valence-electron chi connectivity index (χ3n) is 4.16. The fourth-order valence-electron chi connectivity index (χ4n) is 2.96. The van der Waals surface area contributed by atoms with Crippen LogP contribution in [0.25, 0.3) is 0 Å². The predicted molar refractivity (Wildman–Crippen MR) is 88.4 cm³/mol. The quantitative estimate of drug-likeness (QED) is 0.899. The van der Waals surface area contributed by atoms with Crippen LogP contribution < -0.4 is 15.5 Å². The molecular formula is C17H25N3O2. The average Bonchev–Trinajstić information content (AvgIpc) is 3.29. The number of rotatable bonds is 4. The van der Waals surface area contributed by atoms with Crippen molar-refractivity contribution in [3.8, 4) is 0 Å². The van der Waals surface area contributed by atoms with Crippen LogP contribution in [0, 0.1) is 5.92 Å². The number of benzene rings is 1. The van der Waals surface area contributed by atoms with Crippen LogP contribution in [0.5, 0.6) is 0 Å². The van der Waals surface area contributed by atoms with Gasteiger partial charge in [-0.05, 0) is 44.7 Å². The van der Waals surface area contributed by atoms with Gasteiger partial charge >= 0.3 is 6.03 Å². The van der Waals surface area contributed by atoms with Gasteiger partial charge in [0, 0.05) is 19.6 Å². The lowest BCUT2D eigenvalue weighted by Gasteiger charge is -2.37. The maximum Gasteiger partial charge on any atom is 0.319 e. The third kappa shape index (κ3) is 3.91. The van der Waals surface area contributed by atoms with Gasteiger partial charge in [0.25, 0.3) is 0 Å². The molecule has 1 aromatic carbocycles. The first-order valence-corrected chi connectivity index (χ1v) is 8.16. The Bertz CT molecular complexity index is 520. The Morgan fingerprint density at radius 3 is 2.59 bits per heavy atom. The smallest absolute Gasteiger partial charge is 0.319 e. The van der Waals surface area contributed by atoms with E-state index < -0.39 is 0 Å². The van der Waals surface area contributed by atoms with Crippen LogP contribution in [0.1, 0.15) is 26.7 Å². The minimum Gasteiger partial charge on any atom is -0.372 e. The molecule has 3 rings (SSSR count). The standard InChI is InChI=1S/C17H25N3O2/c1-12-10-20(11-13(2)22-12)16-6-4-3-5-15(16)19-17(21)18-9-14-7-8-14/h3-6,12-14H,7-11H2,1-2H3,(H2,18,19,21)/t12-,13-/m1/s1. The van der Waals surface area contributed by atoms with Crippen LogP contribution in [-0.2, 0) is 4.74 Å². The highest BCUT2D eigenvalue weighted by molar-refractivity contribution is 5.93. The molecule has 5 heteroatoms. The summed E-state index contributed by atoms with van der Waals surface area (Å²) in [5.41, 5.74) is 1.92. The van der Waals surface area contributed by atoms with Crippen molar-refractivity contribution < 1.29 is 9.53 Å². The number of hydrogen-bond donors (Lipinski definition) is 2. The molecule has 0 spiro atoms. The maximum atomic E-state index is 12.0. The first-order chi connectivity index (χ1) is 10.6. The number of anilines is 2. The summed E-state index contributed by atoms with van der Waals surface area (Å²) in [7, 11) is 0. The van der Waals surface area contributed by atoms with Crippen LogP contribution in [0.2, 0.25) is 0 Å². The Balaban J connectivity index is 1.67. The zero-order valence-corrected chi connectivity index (χ0v) is 13.3. The van der Waals surface area contributed by atoms with Gasteiger partial charge in [0.1, 0.15) is 0 Å². The van der Waals surface area contributed by atoms with Crippen molar-refractivity contribution in [3.63, 3.8) is 0 Å². The lowest BCUT2D eigenvalue weighted by molar-refractivity contribution is -0.00517. The molecule has 2 fully saturated rings. The van der Waals surface area contributed by atoms with E-state index in [1.807, 2.05) is 18.2 Å². The summed E-state index contributed by atoms with van der Waals surface area (Å²) < 4.78 is 5.79. The van der Waals surface area contributed by atoms with Crippen molar-refractivity contribution in [2.24, 2.45) is 5.92 Å². The molecule has 1 heterocycles. The van der Waals surface area contributed by atoms with Crippen molar-refractivity contribution >= 4 is 17.4 Å². The monoisotopic (exact) mass is 303 g/mol. The number of nitrogens with zero attached hydrogens (tertiary/aromatic N) is 1.